The van der Waals surface area contributed by atoms with Crippen molar-refractivity contribution in [2.75, 3.05) is 20.2 Å². The van der Waals surface area contributed by atoms with Crippen molar-refractivity contribution in [1.29, 1.82) is 0 Å². The van der Waals surface area contributed by atoms with Crippen LogP contribution in [0.5, 0.6) is 0 Å². The van der Waals surface area contributed by atoms with E-state index in [1.807, 2.05) is 12.3 Å². The van der Waals surface area contributed by atoms with Crippen LogP contribution in [0.4, 0.5) is 0 Å². The van der Waals surface area contributed by atoms with Gasteiger partial charge in [-0.2, -0.15) is 4.99 Å². The van der Waals surface area contributed by atoms with E-state index in [0.29, 0.717) is 6.61 Å². The van der Waals surface area contributed by atoms with E-state index in [2.05, 4.69) is 20.9 Å². The van der Waals surface area contributed by atoms with E-state index in [1.54, 1.807) is 18.9 Å². The summed E-state index contributed by atoms with van der Waals surface area (Å²) in [7, 11) is 1.74. The number of likely N-dealkylation sites (tertiary alicyclic amines) is 1. The molecule has 4 aliphatic rings. The summed E-state index contributed by atoms with van der Waals surface area (Å²) in [5.74, 6) is -0.0918. The van der Waals surface area contributed by atoms with Gasteiger partial charge in [0, 0.05) is 32.0 Å². The molecule has 5 rings (SSSR count). The molecule has 1 saturated heterocycles. The number of pyridine rings is 1. The van der Waals surface area contributed by atoms with E-state index in [1.165, 1.54) is 5.56 Å². The van der Waals surface area contributed by atoms with Gasteiger partial charge in [-0.05, 0) is 55.5 Å². The van der Waals surface area contributed by atoms with E-state index in [0.717, 1.165) is 73.0 Å². The molecule has 4 heterocycles. The Morgan fingerprint density at radius 1 is 1.32 bits per heavy atom. The third kappa shape index (κ3) is 3.00. The molecule has 1 saturated carbocycles. The van der Waals surface area contributed by atoms with Crippen molar-refractivity contribution in [3.63, 3.8) is 0 Å². The normalized spacial score (nSPS) is 29.3. The minimum absolute atomic E-state index is 0.0651. The minimum atomic E-state index is -0.222. The van der Waals surface area contributed by atoms with E-state index in [-0.39, 0.29) is 17.6 Å². The summed E-state index contributed by atoms with van der Waals surface area (Å²) < 4.78 is 11.8. The first kappa shape index (κ1) is 18.3. The number of aromatic nitrogens is 1. The molecule has 1 aliphatic carbocycles. The fourth-order valence-electron chi connectivity index (χ4n) is 4.86. The molecule has 0 radical (unpaired) electrons. The fourth-order valence-corrected chi connectivity index (χ4v) is 5.98. The van der Waals surface area contributed by atoms with Crippen LogP contribution in [-0.2, 0) is 26.5 Å². The monoisotopic (exact) mass is 399 g/mol. The lowest BCUT2D eigenvalue weighted by atomic mass is 9.85. The summed E-state index contributed by atoms with van der Waals surface area (Å²) in [5.41, 5.74) is 3.23. The van der Waals surface area contributed by atoms with E-state index >= 15 is 0 Å². The second kappa shape index (κ2) is 7.28. The molecule has 1 spiro atoms. The highest BCUT2D eigenvalue weighted by atomic mass is 32.2. The van der Waals surface area contributed by atoms with Crippen LogP contribution < -0.4 is 0 Å². The molecule has 1 aromatic heterocycles. The van der Waals surface area contributed by atoms with Gasteiger partial charge in [-0.1, -0.05) is 12.5 Å². The molecule has 0 aromatic carbocycles. The Labute approximate surface area is 169 Å². The fraction of sp³-hybridized carbons (Fsp3) is 0.571. The van der Waals surface area contributed by atoms with Gasteiger partial charge in [0.25, 0.3) is 5.91 Å². The van der Waals surface area contributed by atoms with Gasteiger partial charge in [-0.15, -0.1) is 0 Å². The molecule has 1 unspecified atom stereocenters. The zero-order chi connectivity index (χ0) is 19.1. The van der Waals surface area contributed by atoms with Gasteiger partial charge in [0.15, 0.2) is 5.17 Å². The second-order valence-corrected chi connectivity index (χ2v) is 8.87. The van der Waals surface area contributed by atoms with Crippen molar-refractivity contribution >= 4 is 22.8 Å². The molecule has 7 heteroatoms. The highest BCUT2D eigenvalue weighted by Crippen LogP contribution is 2.45. The van der Waals surface area contributed by atoms with Crippen molar-refractivity contribution in [2.24, 2.45) is 4.99 Å². The van der Waals surface area contributed by atoms with Crippen LogP contribution in [0.15, 0.2) is 33.8 Å². The number of carbonyl (C=O) groups is 1. The maximum Gasteiger partial charge on any atom is 0.286 e. The third-order valence-corrected chi connectivity index (χ3v) is 7.59. The van der Waals surface area contributed by atoms with Crippen LogP contribution in [0.2, 0.25) is 0 Å². The van der Waals surface area contributed by atoms with Crippen molar-refractivity contribution in [1.82, 2.24) is 9.88 Å². The third-order valence-electron chi connectivity index (χ3n) is 6.42. The zero-order valence-electron chi connectivity index (χ0n) is 16.1. The maximum absolute atomic E-state index is 12.6. The van der Waals surface area contributed by atoms with Crippen molar-refractivity contribution in [2.45, 2.75) is 56.8 Å². The first-order valence-corrected chi connectivity index (χ1v) is 10.9. The maximum atomic E-state index is 12.6. The number of ether oxygens (including phenoxy) is 2. The Morgan fingerprint density at radius 3 is 3.00 bits per heavy atom. The van der Waals surface area contributed by atoms with Crippen LogP contribution in [0, 0.1) is 0 Å². The van der Waals surface area contributed by atoms with Crippen molar-refractivity contribution in [3.8, 4) is 0 Å². The Kier molecular flexibility index (Phi) is 4.77. The Hall–Kier alpha value is -1.70. The molecule has 3 aliphatic heterocycles. The molecular weight excluding hydrogens is 374 g/mol. The van der Waals surface area contributed by atoms with Crippen LogP contribution in [0.25, 0.3) is 0 Å². The molecule has 0 N–H and O–H groups in total. The first-order chi connectivity index (χ1) is 13.7. The van der Waals surface area contributed by atoms with Crippen molar-refractivity contribution < 1.29 is 14.3 Å². The number of hydrogen-bond acceptors (Lipinski definition) is 6. The second-order valence-electron chi connectivity index (χ2n) is 7.89. The number of rotatable bonds is 1. The van der Waals surface area contributed by atoms with Gasteiger partial charge in [-0.25, -0.2) is 0 Å². The highest BCUT2D eigenvalue weighted by Gasteiger charge is 2.44. The standard InChI is InChI=1S/C21H25N3O3S/c1-26-17-7-3-2-5-14(17)18-19(25)23-20(28-18)24-11-8-21(9-12-24)15-6-4-10-22-16(15)13-27-21/h4,6,10,17H,2-3,5,7-9,11-13H2,1H3. The summed E-state index contributed by atoms with van der Waals surface area (Å²) in [6.07, 6.45) is 7.91. The van der Waals surface area contributed by atoms with Gasteiger partial charge in [0.1, 0.15) is 0 Å². The lowest BCUT2D eigenvalue weighted by Crippen LogP contribution is -2.44. The van der Waals surface area contributed by atoms with Crippen LogP contribution >= 0.6 is 11.8 Å². The smallest absolute Gasteiger partial charge is 0.286 e. The van der Waals surface area contributed by atoms with E-state index < -0.39 is 0 Å². The van der Waals surface area contributed by atoms with E-state index in [4.69, 9.17) is 9.47 Å². The molecule has 0 bridgehead atoms. The first-order valence-electron chi connectivity index (χ1n) is 10.1. The van der Waals surface area contributed by atoms with Crippen LogP contribution in [0.3, 0.4) is 0 Å². The van der Waals surface area contributed by atoms with Crippen LogP contribution in [-0.4, -0.2) is 47.3 Å². The summed E-state index contributed by atoms with van der Waals surface area (Å²) in [5, 5.41) is 0.840. The molecule has 148 valence electrons. The topological polar surface area (TPSA) is 64.0 Å². The molecular formula is C21H25N3O3S. The number of hydrogen-bond donors (Lipinski definition) is 0. The lowest BCUT2D eigenvalue weighted by molar-refractivity contribution is -0.113. The molecule has 1 atom stereocenters. The summed E-state index contributed by atoms with van der Waals surface area (Å²) in [6, 6.07) is 4.14. The zero-order valence-corrected chi connectivity index (χ0v) is 17.0. The molecule has 28 heavy (non-hydrogen) atoms. The molecule has 1 aromatic rings. The quantitative estimate of drug-likeness (QED) is 0.675. The van der Waals surface area contributed by atoms with Crippen molar-refractivity contribution in [3.05, 3.63) is 40.1 Å². The van der Waals surface area contributed by atoms with Gasteiger partial charge in [0.2, 0.25) is 0 Å². The molecule has 6 nitrogen and oxygen atoms in total. The number of methoxy groups -OCH3 is 1. The largest absolute Gasteiger partial charge is 0.377 e. The summed E-state index contributed by atoms with van der Waals surface area (Å²) in [4.78, 5) is 24.5. The number of piperidine rings is 1. The summed E-state index contributed by atoms with van der Waals surface area (Å²) >= 11 is 1.54. The molecule has 1 amide bonds. The van der Waals surface area contributed by atoms with Gasteiger partial charge in [-0.3, -0.25) is 9.78 Å². The van der Waals surface area contributed by atoms with E-state index in [9.17, 15) is 4.79 Å². The Morgan fingerprint density at radius 2 is 2.18 bits per heavy atom. The molecule has 2 fully saturated rings. The SMILES string of the molecule is COC1CCCCC1=C1SC(N2CCC3(CC2)OCc2ncccc23)=NC1=O. The minimum Gasteiger partial charge on any atom is -0.377 e. The van der Waals surface area contributed by atoms with Gasteiger partial charge >= 0.3 is 0 Å². The van der Waals surface area contributed by atoms with Crippen LogP contribution in [0.1, 0.15) is 49.8 Å². The highest BCUT2D eigenvalue weighted by molar-refractivity contribution is 8.18. The summed E-state index contributed by atoms with van der Waals surface area (Å²) in [6.45, 7) is 2.27. The van der Waals surface area contributed by atoms with Gasteiger partial charge in [0.05, 0.1) is 28.9 Å². The number of thioether (sulfide) groups is 1. The lowest BCUT2D eigenvalue weighted by Gasteiger charge is -2.39. The predicted octanol–water partition coefficient (Wildman–Crippen LogP) is 3.38. The Bertz CT molecular complexity index is 858. The Balaban J connectivity index is 1.31. The number of amidine groups is 1. The number of nitrogens with zero attached hydrogens (tertiary/aromatic N) is 3. The number of amides is 1. The van der Waals surface area contributed by atoms with Gasteiger partial charge < -0.3 is 14.4 Å². The average molecular weight is 400 g/mol. The predicted molar refractivity (Wildman–Crippen MR) is 108 cm³/mol. The number of aliphatic imine (C=N–C) groups is 1. The number of fused-ring (bicyclic) bond motifs is 2. The average Bonchev–Trinajstić information content (AvgIpc) is 3.30. The number of carbonyl (C=O) groups excluding carboxylic acids is 1.